The molecule has 0 aromatic heterocycles. The van der Waals surface area contributed by atoms with Crippen molar-refractivity contribution in [1.29, 1.82) is 0 Å². The molecule has 1 aliphatic carbocycles. The molecule has 0 aromatic carbocycles. The molecule has 12 heavy (non-hydrogen) atoms. The van der Waals surface area contributed by atoms with E-state index in [4.69, 9.17) is 5.11 Å². The minimum atomic E-state index is -0.910. The second kappa shape index (κ2) is 3.56. The number of hydrogen-bond acceptors (Lipinski definition) is 2. The summed E-state index contributed by atoms with van der Waals surface area (Å²) >= 11 is 0. The van der Waals surface area contributed by atoms with E-state index >= 15 is 0 Å². The second-order valence-corrected chi connectivity index (χ2v) is 3.13. The van der Waals surface area contributed by atoms with Gasteiger partial charge in [-0.25, -0.2) is 0 Å². The van der Waals surface area contributed by atoms with E-state index in [0.29, 0.717) is 6.04 Å². The summed E-state index contributed by atoms with van der Waals surface area (Å²) < 4.78 is 0. The van der Waals surface area contributed by atoms with Crippen LogP contribution in [0.3, 0.4) is 0 Å². The van der Waals surface area contributed by atoms with Crippen LogP contribution in [-0.2, 0) is 9.59 Å². The summed E-state index contributed by atoms with van der Waals surface area (Å²) in [5.41, 5.74) is 0. The van der Waals surface area contributed by atoms with E-state index in [2.05, 4.69) is 0 Å². The standard InChI is InChI=1S/C8H13NO3/c1-9(6-2-3-6)7(10)4-5-8(11)12/h6H,2-5H2,1H3,(H,11,12). The number of carboxylic acids is 1. The Bertz CT molecular complexity index is 198. The normalized spacial score (nSPS) is 15.8. The average molecular weight is 171 g/mol. The maximum atomic E-state index is 11.2. The summed E-state index contributed by atoms with van der Waals surface area (Å²) in [6, 6.07) is 0.381. The van der Waals surface area contributed by atoms with Gasteiger partial charge >= 0.3 is 5.97 Å². The molecule has 0 atom stereocenters. The predicted octanol–water partition coefficient (Wildman–Crippen LogP) is 0.472. The molecule has 0 aromatic rings. The molecule has 0 spiro atoms. The minimum Gasteiger partial charge on any atom is -0.481 e. The first-order valence-corrected chi connectivity index (χ1v) is 4.08. The molecule has 68 valence electrons. The third kappa shape index (κ3) is 2.53. The highest BCUT2D eigenvalue weighted by molar-refractivity contribution is 5.80. The number of carbonyl (C=O) groups excluding carboxylic acids is 1. The Hall–Kier alpha value is -1.06. The SMILES string of the molecule is CN(C(=O)CCC(=O)O)C1CC1. The molecule has 1 fully saturated rings. The van der Waals surface area contributed by atoms with Gasteiger partial charge in [-0.15, -0.1) is 0 Å². The van der Waals surface area contributed by atoms with Gasteiger partial charge < -0.3 is 10.0 Å². The van der Waals surface area contributed by atoms with Crippen LogP contribution in [0.5, 0.6) is 0 Å². The summed E-state index contributed by atoms with van der Waals surface area (Å²) in [6.45, 7) is 0. The number of aliphatic carboxylic acids is 1. The van der Waals surface area contributed by atoms with Crippen LogP contribution in [0.1, 0.15) is 25.7 Å². The van der Waals surface area contributed by atoms with Gasteiger partial charge in [-0.2, -0.15) is 0 Å². The fourth-order valence-electron chi connectivity index (χ4n) is 1.06. The maximum Gasteiger partial charge on any atom is 0.303 e. The molecule has 0 aliphatic heterocycles. The van der Waals surface area contributed by atoms with Crippen LogP contribution in [0, 0.1) is 0 Å². The third-order valence-electron chi connectivity index (χ3n) is 2.04. The van der Waals surface area contributed by atoms with Gasteiger partial charge in [0, 0.05) is 19.5 Å². The van der Waals surface area contributed by atoms with Gasteiger partial charge in [0.05, 0.1) is 6.42 Å². The highest BCUT2D eigenvalue weighted by atomic mass is 16.4. The number of amides is 1. The molecule has 1 N–H and O–H groups in total. The predicted molar refractivity (Wildman–Crippen MR) is 42.7 cm³/mol. The monoisotopic (exact) mass is 171 g/mol. The van der Waals surface area contributed by atoms with E-state index < -0.39 is 5.97 Å². The van der Waals surface area contributed by atoms with Crippen molar-refractivity contribution in [3.63, 3.8) is 0 Å². The lowest BCUT2D eigenvalue weighted by Gasteiger charge is -2.14. The van der Waals surface area contributed by atoms with Crippen LogP contribution in [0.25, 0.3) is 0 Å². The Morgan fingerprint density at radius 1 is 1.42 bits per heavy atom. The van der Waals surface area contributed by atoms with Crippen molar-refractivity contribution in [2.75, 3.05) is 7.05 Å². The van der Waals surface area contributed by atoms with Gasteiger partial charge in [0.15, 0.2) is 0 Å². The van der Waals surface area contributed by atoms with Gasteiger partial charge in [-0.05, 0) is 12.8 Å². The minimum absolute atomic E-state index is 0.0556. The number of nitrogens with zero attached hydrogens (tertiary/aromatic N) is 1. The summed E-state index contributed by atoms with van der Waals surface area (Å²) in [4.78, 5) is 23.0. The quantitative estimate of drug-likeness (QED) is 0.669. The number of carboxylic acid groups (broad SMARTS) is 1. The summed E-state index contributed by atoms with van der Waals surface area (Å²) in [7, 11) is 1.74. The lowest BCUT2D eigenvalue weighted by Crippen LogP contribution is -2.28. The fraction of sp³-hybridized carbons (Fsp3) is 0.750. The van der Waals surface area contributed by atoms with Gasteiger partial charge in [0.2, 0.25) is 5.91 Å². The van der Waals surface area contributed by atoms with Gasteiger partial charge in [-0.1, -0.05) is 0 Å². The molecule has 1 rings (SSSR count). The lowest BCUT2D eigenvalue weighted by atomic mass is 10.3. The number of hydrogen-bond donors (Lipinski definition) is 1. The first kappa shape index (κ1) is 9.03. The third-order valence-corrected chi connectivity index (χ3v) is 2.04. The molecule has 4 nitrogen and oxygen atoms in total. The Kier molecular flexibility index (Phi) is 2.68. The summed E-state index contributed by atoms with van der Waals surface area (Å²) in [5.74, 6) is -0.965. The molecular weight excluding hydrogens is 158 g/mol. The van der Waals surface area contributed by atoms with Gasteiger partial charge in [0.1, 0.15) is 0 Å². The Balaban J connectivity index is 2.22. The first-order chi connectivity index (χ1) is 5.61. The van der Waals surface area contributed by atoms with Crippen molar-refractivity contribution >= 4 is 11.9 Å². The molecule has 1 aliphatic rings. The zero-order valence-corrected chi connectivity index (χ0v) is 7.12. The smallest absolute Gasteiger partial charge is 0.303 e. The Labute approximate surface area is 71.2 Å². The van der Waals surface area contributed by atoms with Crippen molar-refractivity contribution < 1.29 is 14.7 Å². The molecule has 1 amide bonds. The zero-order chi connectivity index (χ0) is 9.14. The summed E-state index contributed by atoms with van der Waals surface area (Å²) in [6.07, 6.45) is 2.20. The van der Waals surface area contributed by atoms with Crippen LogP contribution < -0.4 is 0 Å². The maximum absolute atomic E-state index is 11.2. The first-order valence-electron chi connectivity index (χ1n) is 4.08. The molecular formula is C8H13NO3. The van der Waals surface area contributed by atoms with E-state index in [9.17, 15) is 9.59 Å². The largest absolute Gasteiger partial charge is 0.481 e. The van der Waals surface area contributed by atoms with E-state index in [1.807, 2.05) is 0 Å². The van der Waals surface area contributed by atoms with Crippen LogP contribution in [-0.4, -0.2) is 35.0 Å². The van der Waals surface area contributed by atoms with Crippen LogP contribution >= 0.6 is 0 Å². The molecule has 0 unspecified atom stereocenters. The van der Waals surface area contributed by atoms with Crippen molar-refractivity contribution in [2.24, 2.45) is 0 Å². The van der Waals surface area contributed by atoms with Crippen molar-refractivity contribution in [1.82, 2.24) is 4.90 Å². The number of carbonyl (C=O) groups is 2. The van der Waals surface area contributed by atoms with Crippen molar-refractivity contribution in [2.45, 2.75) is 31.7 Å². The molecule has 0 heterocycles. The Morgan fingerprint density at radius 2 is 2.00 bits per heavy atom. The molecule has 4 heteroatoms. The molecule has 1 saturated carbocycles. The molecule has 0 radical (unpaired) electrons. The second-order valence-electron chi connectivity index (χ2n) is 3.13. The molecule has 0 bridgehead atoms. The summed E-state index contributed by atoms with van der Waals surface area (Å²) in [5, 5.41) is 8.33. The van der Waals surface area contributed by atoms with E-state index in [1.165, 1.54) is 0 Å². The van der Waals surface area contributed by atoms with E-state index in [0.717, 1.165) is 12.8 Å². The fourth-order valence-corrected chi connectivity index (χ4v) is 1.06. The van der Waals surface area contributed by atoms with E-state index in [-0.39, 0.29) is 18.7 Å². The lowest BCUT2D eigenvalue weighted by molar-refractivity contribution is -0.140. The van der Waals surface area contributed by atoms with Crippen LogP contribution in [0.4, 0.5) is 0 Å². The Morgan fingerprint density at radius 3 is 2.42 bits per heavy atom. The average Bonchev–Trinajstić information content (AvgIpc) is 2.80. The zero-order valence-electron chi connectivity index (χ0n) is 7.12. The van der Waals surface area contributed by atoms with Crippen LogP contribution in [0.2, 0.25) is 0 Å². The van der Waals surface area contributed by atoms with Gasteiger partial charge in [0.25, 0.3) is 0 Å². The topological polar surface area (TPSA) is 57.6 Å². The van der Waals surface area contributed by atoms with Crippen molar-refractivity contribution in [3.05, 3.63) is 0 Å². The number of rotatable bonds is 4. The highest BCUT2D eigenvalue weighted by Crippen LogP contribution is 2.25. The van der Waals surface area contributed by atoms with Crippen molar-refractivity contribution in [3.8, 4) is 0 Å². The van der Waals surface area contributed by atoms with Gasteiger partial charge in [-0.3, -0.25) is 9.59 Å². The van der Waals surface area contributed by atoms with E-state index in [1.54, 1.807) is 11.9 Å². The highest BCUT2D eigenvalue weighted by Gasteiger charge is 2.29. The van der Waals surface area contributed by atoms with Crippen LogP contribution in [0.15, 0.2) is 0 Å². The molecule has 0 saturated heterocycles.